The largest absolute Gasteiger partial charge is 1.00 e. The van der Waals surface area contributed by atoms with Gasteiger partial charge >= 0.3 is 5.97 Å². The summed E-state index contributed by atoms with van der Waals surface area (Å²) < 4.78 is 5.73. The fraction of sp³-hybridized carbons (Fsp3) is 0.875. The van der Waals surface area contributed by atoms with Crippen molar-refractivity contribution < 1.29 is 26.4 Å². The summed E-state index contributed by atoms with van der Waals surface area (Å²) in [6, 6.07) is 0. The summed E-state index contributed by atoms with van der Waals surface area (Å²) in [4.78, 5) is 10.6. The van der Waals surface area contributed by atoms with Gasteiger partial charge in [0, 0.05) is 6.92 Å². The minimum Gasteiger partial charge on any atom is -1.00 e. The van der Waals surface area contributed by atoms with Gasteiger partial charge in [-0.25, -0.2) is 0 Å². The van der Waals surface area contributed by atoms with Crippen molar-refractivity contribution in [1.29, 1.82) is 0 Å². The number of rotatable bonds is 4. The van der Waals surface area contributed by atoms with E-state index in [4.69, 9.17) is 16.3 Å². The molecule has 0 saturated carbocycles. The Morgan fingerprint density at radius 3 is 2.15 bits per heavy atom. The standard InChI is InChI=1S/C8H17ClNO2.ClH/c1-7(11)12-8(5-9)6-10(2,3)4;/h8H,5-6H2,1-4H3;1H/q+1;/p-1. The van der Waals surface area contributed by atoms with Crippen molar-refractivity contribution in [3.8, 4) is 0 Å². The number of esters is 1. The van der Waals surface area contributed by atoms with Gasteiger partial charge in [0.1, 0.15) is 6.54 Å². The van der Waals surface area contributed by atoms with Crippen molar-refractivity contribution >= 4 is 17.6 Å². The molecule has 0 rings (SSSR count). The van der Waals surface area contributed by atoms with E-state index in [2.05, 4.69) is 0 Å². The number of nitrogens with zero attached hydrogens (tertiary/aromatic N) is 1. The molecule has 5 heteroatoms. The van der Waals surface area contributed by atoms with Crippen LogP contribution in [0.15, 0.2) is 0 Å². The van der Waals surface area contributed by atoms with Crippen LogP contribution in [0.3, 0.4) is 0 Å². The third kappa shape index (κ3) is 9.93. The van der Waals surface area contributed by atoms with E-state index in [0.717, 1.165) is 11.0 Å². The predicted octanol–water partition coefficient (Wildman–Crippen LogP) is -2.13. The molecule has 80 valence electrons. The van der Waals surface area contributed by atoms with Crippen LogP contribution in [-0.4, -0.2) is 50.1 Å². The van der Waals surface area contributed by atoms with Gasteiger partial charge in [-0.3, -0.25) is 4.79 Å². The molecule has 1 unspecified atom stereocenters. The van der Waals surface area contributed by atoms with Gasteiger partial charge in [-0.1, -0.05) is 0 Å². The van der Waals surface area contributed by atoms with Crippen molar-refractivity contribution in [2.75, 3.05) is 33.6 Å². The van der Waals surface area contributed by atoms with Gasteiger partial charge in [-0.2, -0.15) is 0 Å². The maximum Gasteiger partial charge on any atom is 0.303 e. The second-order valence-electron chi connectivity index (χ2n) is 3.86. The zero-order chi connectivity index (χ0) is 9.78. The first-order chi connectivity index (χ1) is 5.35. The van der Waals surface area contributed by atoms with E-state index in [1.54, 1.807) is 0 Å². The van der Waals surface area contributed by atoms with Crippen LogP contribution in [-0.2, 0) is 9.53 Å². The third-order valence-electron chi connectivity index (χ3n) is 1.26. The van der Waals surface area contributed by atoms with E-state index >= 15 is 0 Å². The molecule has 3 nitrogen and oxygen atoms in total. The summed E-state index contributed by atoms with van der Waals surface area (Å²) in [5, 5.41) is 0. The fourth-order valence-electron chi connectivity index (χ4n) is 0.963. The lowest BCUT2D eigenvalue weighted by Gasteiger charge is -2.27. The Morgan fingerprint density at radius 1 is 1.46 bits per heavy atom. The van der Waals surface area contributed by atoms with Gasteiger partial charge in [-0.05, 0) is 0 Å². The average Bonchev–Trinajstić information content (AvgIpc) is 1.82. The lowest BCUT2D eigenvalue weighted by atomic mass is 10.3. The molecular weight excluding hydrogens is 213 g/mol. The first-order valence-electron chi connectivity index (χ1n) is 3.89. The molecule has 0 aromatic carbocycles. The lowest BCUT2D eigenvalue weighted by Crippen LogP contribution is -3.00. The fourth-order valence-corrected chi connectivity index (χ4v) is 1.12. The summed E-state index contributed by atoms with van der Waals surface area (Å²) in [5.74, 6) is 0.0869. The zero-order valence-corrected chi connectivity index (χ0v) is 10.0. The molecule has 0 aliphatic carbocycles. The van der Waals surface area contributed by atoms with Crippen LogP contribution in [0.4, 0.5) is 0 Å². The number of alkyl halides is 1. The van der Waals surface area contributed by atoms with E-state index in [1.165, 1.54) is 6.92 Å². The molecule has 0 heterocycles. The van der Waals surface area contributed by atoms with E-state index in [-0.39, 0.29) is 24.5 Å². The Labute approximate surface area is 91.0 Å². The molecule has 0 N–H and O–H groups in total. The molecule has 0 aliphatic rings. The number of likely N-dealkylation sites (N-methyl/N-ethyl adjacent to an activating group) is 1. The Balaban J connectivity index is 0. The Kier molecular flexibility index (Phi) is 7.69. The van der Waals surface area contributed by atoms with Crippen molar-refractivity contribution in [1.82, 2.24) is 0 Å². The molecule has 0 saturated heterocycles. The smallest absolute Gasteiger partial charge is 0.303 e. The molecule has 0 aromatic heterocycles. The van der Waals surface area contributed by atoms with Crippen LogP contribution in [0.5, 0.6) is 0 Å². The number of ether oxygens (including phenoxy) is 1. The number of halogens is 2. The molecular formula is C8H17Cl2NO2. The highest BCUT2D eigenvalue weighted by Crippen LogP contribution is 2.02. The highest BCUT2D eigenvalue weighted by molar-refractivity contribution is 6.18. The monoisotopic (exact) mass is 229 g/mol. The number of hydrogen-bond acceptors (Lipinski definition) is 2. The first-order valence-corrected chi connectivity index (χ1v) is 4.42. The van der Waals surface area contributed by atoms with Gasteiger partial charge in [0.25, 0.3) is 0 Å². The van der Waals surface area contributed by atoms with Crippen LogP contribution in [0.2, 0.25) is 0 Å². The first kappa shape index (κ1) is 15.5. The minimum absolute atomic E-state index is 0. The summed E-state index contributed by atoms with van der Waals surface area (Å²) in [5.41, 5.74) is 0. The molecule has 0 fully saturated rings. The molecule has 0 amide bonds. The highest BCUT2D eigenvalue weighted by atomic mass is 35.5. The molecule has 0 radical (unpaired) electrons. The Bertz CT molecular complexity index is 157. The predicted molar refractivity (Wildman–Crippen MR) is 49.2 cm³/mol. The van der Waals surface area contributed by atoms with E-state index in [9.17, 15) is 4.79 Å². The summed E-state index contributed by atoms with van der Waals surface area (Å²) in [6.07, 6.45) is -0.177. The maximum atomic E-state index is 10.6. The number of hydrogen-bond donors (Lipinski definition) is 0. The Hall–Kier alpha value is 0.01000. The summed E-state index contributed by atoms with van der Waals surface area (Å²) in [7, 11) is 6.09. The van der Waals surface area contributed by atoms with Gasteiger partial charge in [0.2, 0.25) is 0 Å². The quantitative estimate of drug-likeness (QED) is 0.313. The van der Waals surface area contributed by atoms with E-state index in [1.807, 2.05) is 21.1 Å². The van der Waals surface area contributed by atoms with Crippen molar-refractivity contribution in [2.24, 2.45) is 0 Å². The van der Waals surface area contributed by atoms with Crippen molar-refractivity contribution in [3.63, 3.8) is 0 Å². The lowest BCUT2D eigenvalue weighted by molar-refractivity contribution is -0.873. The molecule has 0 bridgehead atoms. The summed E-state index contributed by atoms with van der Waals surface area (Å²) >= 11 is 5.63. The van der Waals surface area contributed by atoms with Crippen LogP contribution in [0.1, 0.15) is 6.92 Å². The second-order valence-corrected chi connectivity index (χ2v) is 4.17. The van der Waals surface area contributed by atoms with Gasteiger partial charge in [0.05, 0.1) is 27.0 Å². The van der Waals surface area contributed by atoms with Gasteiger partial charge in [0.15, 0.2) is 6.10 Å². The zero-order valence-electron chi connectivity index (χ0n) is 8.51. The van der Waals surface area contributed by atoms with Gasteiger partial charge in [-0.15, -0.1) is 11.6 Å². The molecule has 13 heavy (non-hydrogen) atoms. The van der Waals surface area contributed by atoms with Crippen molar-refractivity contribution in [2.45, 2.75) is 13.0 Å². The minimum atomic E-state index is -0.269. The number of quaternary nitrogens is 1. The topological polar surface area (TPSA) is 26.3 Å². The van der Waals surface area contributed by atoms with Crippen molar-refractivity contribution in [3.05, 3.63) is 0 Å². The van der Waals surface area contributed by atoms with Crippen LogP contribution in [0.25, 0.3) is 0 Å². The Morgan fingerprint density at radius 2 is 1.92 bits per heavy atom. The van der Waals surface area contributed by atoms with Crippen LogP contribution in [0, 0.1) is 0 Å². The van der Waals surface area contributed by atoms with E-state index in [0.29, 0.717) is 5.88 Å². The van der Waals surface area contributed by atoms with Gasteiger partial charge < -0.3 is 21.6 Å². The maximum absolute atomic E-state index is 10.6. The third-order valence-corrected chi connectivity index (χ3v) is 1.60. The molecule has 0 aliphatic heterocycles. The summed E-state index contributed by atoms with van der Waals surface area (Å²) in [6.45, 7) is 2.14. The molecule has 1 atom stereocenters. The highest BCUT2D eigenvalue weighted by Gasteiger charge is 2.19. The second kappa shape index (κ2) is 6.46. The molecule has 0 aromatic rings. The number of carbonyl (C=O) groups excluding carboxylic acids is 1. The normalized spacial score (nSPS) is 13.0. The van der Waals surface area contributed by atoms with Crippen LogP contribution < -0.4 is 12.4 Å². The molecule has 0 spiro atoms. The van der Waals surface area contributed by atoms with E-state index < -0.39 is 0 Å². The average molecular weight is 230 g/mol. The SMILES string of the molecule is CC(=O)OC(CCl)C[N+](C)(C)C.[Cl-]. The van der Waals surface area contributed by atoms with Crippen LogP contribution >= 0.6 is 11.6 Å². The number of carbonyl (C=O) groups is 1.